The van der Waals surface area contributed by atoms with Crippen molar-refractivity contribution in [2.45, 2.75) is 71.3 Å². The molecule has 37 heavy (non-hydrogen) atoms. The maximum absolute atomic E-state index is 15.9. The van der Waals surface area contributed by atoms with Gasteiger partial charge in [0.25, 0.3) is 0 Å². The van der Waals surface area contributed by atoms with Gasteiger partial charge in [0.05, 0.1) is 0 Å². The van der Waals surface area contributed by atoms with Crippen molar-refractivity contribution in [2.75, 3.05) is 0 Å². The monoisotopic (exact) mass is 514 g/mol. The highest BCUT2D eigenvalue weighted by Gasteiger charge is 2.25. The van der Waals surface area contributed by atoms with Gasteiger partial charge in [0, 0.05) is 11.1 Å². The summed E-state index contributed by atoms with van der Waals surface area (Å²) in [5.41, 5.74) is 0.939. The molecule has 1 saturated carbocycles. The van der Waals surface area contributed by atoms with Crippen LogP contribution in [0.4, 0.5) is 17.6 Å². The lowest BCUT2D eigenvalue weighted by atomic mass is 9.78. The van der Waals surface area contributed by atoms with E-state index < -0.39 is 18.2 Å². The Morgan fingerprint density at radius 3 is 2.08 bits per heavy atom. The molecule has 0 bridgehead atoms. The summed E-state index contributed by atoms with van der Waals surface area (Å²) in [7, 11) is 0. The van der Waals surface area contributed by atoms with Gasteiger partial charge in [0.1, 0.15) is 17.3 Å². The van der Waals surface area contributed by atoms with Crippen LogP contribution < -0.4 is 9.47 Å². The number of halogens is 4. The summed E-state index contributed by atoms with van der Waals surface area (Å²) in [6, 6.07) is 15.7. The van der Waals surface area contributed by atoms with Crippen LogP contribution in [-0.4, -0.2) is 6.61 Å². The van der Waals surface area contributed by atoms with Gasteiger partial charge in [-0.1, -0.05) is 82.2 Å². The smallest absolute Gasteiger partial charge is 0.387 e. The van der Waals surface area contributed by atoms with Crippen LogP contribution in [-0.2, 0) is 6.42 Å². The molecule has 0 spiro atoms. The molecule has 1 aliphatic carbocycles. The lowest BCUT2D eigenvalue weighted by Gasteiger charge is -2.28. The number of hydrogen-bond donors (Lipinski definition) is 0. The van der Waals surface area contributed by atoms with E-state index in [2.05, 4.69) is 11.7 Å². The molecule has 3 aromatic rings. The third-order valence-corrected chi connectivity index (χ3v) is 7.36. The number of unbranched alkanes of at least 4 members (excludes halogenated alkanes) is 1. The maximum atomic E-state index is 15.9. The van der Waals surface area contributed by atoms with Crippen LogP contribution in [0.5, 0.6) is 17.2 Å². The molecule has 0 saturated heterocycles. The van der Waals surface area contributed by atoms with E-state index in [1.54, 1.807) is 24.3 Å². The van der Waals surface area contributed by atoms with Gasteiger partial charge in [-0.2, -0.15) is 8.78 Å². The van der Waals surface area contributed by atoms with Crippen molar-refractivity contribution in [1.29, 1.82) is 0 Å². The molecular weight excluding hydrogens is 480 g/mol. The Bertz CT molecular complexity index is 1120. The van der Waals surface area contributed by atoms with Gasteiger partial charge < -0.3 is 9.47 Å². The zero-order valence-electron chi connectivity index (χ0n) is 21.2. The standard InChI is InChI=1S/C31H34F4O2/c1-2-3-7-21-10-12-22(13-11-21)14-19-26-28(32)20-27(23-8-5-4-6-9-23)30(29(26)33)36-24-15-17-25(18-16-24)37-31(34)35/h4-6,8-9,15-18,20-22,31H,2-3,7,10-14,19H2,1H3/t21-,22-. The Morgan fingerprint density at radius 2 is 1.46 bits per heavy atom. The van der Waals surface area contributed by atoms with Crippen molar-refractivity contribution in [3.63, 3.8) is 0 Å². The van der Waals surface area contributed by atoms with Crippen LogP contribution in [0.3, 0.4) is 0 Å². The van der Waals surface area contributed by atoms with Crippen LogP contribution in [0.15, 0.2) is 60.7 Å². The van der Waals surface area contributed by atoms with Gasteiger partial charge in [-0.3, -0.25) is 0 Å². The fourth-order valence-electron chi connectivity index (χ4n) is 5.26. The zero-order chi connectivity index (χ0) is 26.2. The van der Waals surface area contributed by atoms with Crippen molar-refractivity contribution >= 4 is 0 Å². The van der Waals surface area contributed by atoms with E-state index in [0.717, 1.165) is 25.2 Å². The number of benzene rings is 3. The summed E-state index contributed by atoms with van der Waals surface area (Å²) in [5, 5.41) is 0. The average molecular weight is 515 g/mol. The molecule has 0 N–H and O–H groups in total. The molecule has 1 aliphatic rings. The van der Waals surface area contributed by atoms with Crippen LogP contribution in [0.25, 0.3) is 11.1 Å². The van der Waals surface area contributed by atoms with E-state index in [1.807, 2.05) is 6.07 Å². The quantitative estimate of drug-likeness (QED) is 0.237. The number of hydrogen-bond acceptors (Lipinski definition) is 2. The van der Waals surface area contributed by atoms with E-state index >= 15 is 8.78 Å². The molecule has 0 aliphatic heterocycles. The molecule has 0 amide bonds. The molecular formula is C31H34F4O2. The number of rotatable bonds is 11. The molecule has 6 heteroatoms. The largest absolute Gasteiger partial charge is 0.454 e. The van der Waals surface area contributed by atoms with Crippen molar-refractivity contribution in [3.8, 4) is 28.4 Å². The van der Waals surface area contributed by atoms with Crippen molar-refractivity contribution in [3.05, 3.63) is 77.9 Å². The Labute approximate surface area is 216 Å². The number of alkyl halides is 2. The first-order valence-corrected chi connectivity index (χ1v) is 13.2. The van der Waals surface area contributed by atoms with E-state index in [9.17, 15) is 8.78 Å². The zero-order valence-corrected chi connectivity index (χ0v) is 21.2. The van der Waals surface area contributed by atoms with Gasteiger partial charge in [-0.25, -0.2) is 8.78 Å². The Hall–Kier alpha value is -3.02. The molecule has 2 nitrogen and oxygen atoms in total. The molecule has 0 unspecified atom stereocenters. The van der Waals surface area contributed by atoms with Crippen molar-refractivity contribution < 1.29 is 27.0 Å². The third-order valence-electron chi connectivity index (χ3n) is 7.36. The molecule has 4 rings (SSSR count). The minimum absolute atomic E-state index is 0.0282. The summed E-state index contributed by atoms with van der Waals surface area (Å²) in [6.07, 6.45) is 9.41. The summed E-state index contributed by atoms with van der Waals surface area (Å²) in [5.74, 6) is 0.0818. The second-order valence-electron chi connectivity index (χ2n) is 9.91. The van der Waals surface area contributed by atoms with Crippen LogP contribution in [0.1, 0.15) is 63.9 Å². The first-order chi connectivity index (χ1) is 17.9. The second kappa shape index (κ2) is 13.0. The van der Waals surface area contributed by atoms with Crippen molar-refractivity contribution in [2.24, 2.45) is 11.8 Å². The van der Waals surface area contributed by atoms with Crippen LogP contribution in [0.2, 0.25) is 0 Å². The van der Waals surface area contributed by atoms with E-state index in [-0.39, 0.29) is 22.8 Å². The van der Waals surface area contributed by atoms with Gasteiger partial charge >= 0.3 is 6.61 Å². The lowest BCUT2D eigenvalue weighted by molar-refractivity contribution is -0.0498. The van der Waals surface area contributed by atoms with Crippen LogP contribution in [0, 0.1) is 23.5 Å². The summed E-state index contributed by atoms with van der Waals surface area (Å²) in [4.78, 5) is 0. The van der Waals surface area contributed by atoms with Crippen molar-refractivity contribution in [1.82, 2.24) is 0 Å². The first-order valence-electron chi connectivity index (χ1n) is 13.2. The summed E-state index contributed by atoms with van der Waals surface area (Å²) < 4.78 is 66.4. The minimum Gasteiger partial charge on any atom is -0.454 e. The van der Waals surface area contributed by atoms with Gasteiger partial charge in [0.15, 0.2) is 11.6 Å². The highest BCUT2D eigenvalue weighted by molar-refractivity contribution is 5.72. The molecule has 0 aromatic heterocycles. The minimum atomic E-state index is -2.94. The van der Waals surface area contributed by atoms with E-state index in [4.69, 9.17) is 4.74 Å². The topological polar surface area (TPSA) is 18.5 Å². The first kappa shape index (κ1) is 27.0. The van der Waals surface area contributed by atoms with Crippen LogP contribution >= 0.6 is 0 Å². The average Bonchev–Trinajstić information content (AvgIpc) is 2.90. The lowest BCUT2D eigenvalue weighted by Crippen LogP contribution is -2.15. The third kappa shape index (κ3) is 7.27. The Morgan fingerprint density at radius 1 is 0.838 bits per heavy atom. The fourth-order valence-corrected chi connectivity index (χ4v) is 5.26. The normalized spacial score (nSPS) is 17.7. The van der Waals surface area contributed by atoms with Gasteiger partial charge in [-0.05, 0) is 60.6 Å². The van der Waals surface area contributed by atoms with Gasteiger partial charge in [0.2, 0.25) is 0 Å². The predicted octanol–water partition coefficient (Wildman–Crippen LogP) is 9.95. The fraction of sp³-hybridized carbons (Fsp3) is 0.419. The molecule has 1 fully saturated rings. The number of ether oxygens (including phenoxy) is 2. The molecule has 3 aromatic carbocycles. The maximum Gasteiger partial charge on any atom is 0.387 e. The van der Waals surface area contributed by atoms with E-state index in [1.165, 1.54) is 62.4 Å². The molecule has 0 atom stereocenters. The highest BCUT2D eigenvalue weighted by Crippen LogP contribution is 2.40. The highest BCUT2D eigenvalue weighted by atomic mass is 19.3. The second-order valence-corrected chi connectivity index (χ2v) is 9.91. The van der Waals surface area contributed by atoms with E-state index in [0.29, 0.717) is 23.5 Å². The van der Waals surface area contributed by atoms with Gasteiger partial charge in [-0.15, -0.1) is 0 Å². The Kier molecular flexibility index (Phi) is 9.48. The molecule has 0 heterocycles. The molecule has 198 valence electrons. The SMILES string of the molecule is CCCC[C@H]1CC[C@H](CCc2c(F)cc(-c3ccccc3)c(Oc3ccc(OC(F)F)cc3)c2F)CC1. The Balaban J connectivity index is 1.55. The molecule has 0 radical (unpaired) electrons. The predicted molar refractivity (Wildman–Crippen MR) is 138 cm³/mol. The summed E-state index contributed by atoms with van der Waals surface area (Å²) in [6.45, 7) is -0.730. The summed E-state index contributed by atoms with van der Waals surface area (Å²) >= 11 is 0.